The van der Waals surface area contributed by atoms with E-state index < -0.39 is 0 Å². The second-order valence-corrected chi connectivity index (χ2v) is 7.29. The first-order chi connectivity index (χ1) is 10.0. The van der Waals surface area contributed by atoms with Gasteiger partial charge in [-0.15, -0.1) is 0 Å². The number of nitrogens with zero attached hydrogens (tertiary/aromatic N) is 2. The quantitative estimate of drug-likeness (QED) is 0.898. The van der Waals surface area contributed by atoms with Crippen molar-refractivity contribution in [1.82, 2.24) is 10.3 Å². The van der Waals surface area contributed by atoms with Crippen LogP contribution in [0.25, 0.3) is 0 Å². The third kappa shape index (κ3) is 4.70. The van der Waals surface area contributed by atoms with Crippen LogP contribution in [0.1, 0.15) is 52.5 Å². The van der Waals surface area contributed by atoms with Gasteiger partial charge < -0.3 is 10.2 Å². The van der Waals surface area contributed by atoms with E-state index in [-0.39, 0.29) is 5.41 Å². The molecule has 21 heavy (non-hydrogen) atoms. The van der Waals surface area contributed by atoms with Gasteiger partial charge in [0.05, 0.1) is 0 Å². The number of hydrogen-bond acceptors (Lipinski definition) is 3. The topological polar surface area (TPSA) is 28.2 Å². The first-order valence-corrected chi connectivity index (χ1v) is 8.43. The lowest BCUT2D eigenvalue weighted by Gasteiger charge is -2.31. The summed E-state index contributed by atoms with van der Waals surface area (Å²) in [6, 6.07) is 4.45. The van der Waals surface area contributed by atoms with E-state index in [2.05, 4.69) is 56.2 Å². The van der Waals surface area contributed by atoms with Crippen LogP contribution in [0.2, 0.25) is 0 Å². The Morgan fingerprint density at radius 2 is 1.95 bits per heavy atom. The van der Waals surface area contributed by atoms with E-state index >= 15 is 0 Å². The number of pyridine rings is 1. The largest absolute Gasteiger partial charge is 0.356 e. The summed E-state index contributed by atoms with van der Waals surface area (Å²) < 4.78 is 0. The second-order valence-electron chi connectivity index (χ2n) is 7.29. The van der Waals surface area contributed by atoms with Crippen molar-refractivity contribution in [2.75, 3.05) is 31.1 Å². The van der Waals surface area contributed by atoms with E-state index in [1.807, 2.05) is 0 Å². The van der Waals surface area contributed by atoms with Crippen molar-refractivity contribution in [2.45, 2.75) is 52.4 Å². The molecule has 0 aromatic carbocycles. The van der Waals surface area contributed by atoms with E-state index in [1.165, 1.54) is 37.9 Å². The fraction of sp³-hybridized carbons (Fsp3) is 0.722. The van der Waals surface area contributed by atoms with Crippen molar-refractivity contribution in [3.8, 4) is 0 Å². The van der Waals surface area contributed by atoms with Gasteiger partial charge in [0.15, 0.2) is 0 Å². The van der Waals surface area contributed by atoms with Gasteiger partial charge in [0.25, 0.3) is 0 Å². The molecule has 0 spiro atoms. The molecule has 0 unspecified atom stereocenters. The summed E-state index contributed by atoms with van der Waals surface area (Å²) in [6.45, 7) is 13.6. The van der Waals surface area contributed by atoms with Gasteiger partial charge in [0, 0.05) is 19.3 Å². The minimum Gasteiger partial charge on any atom is -0.356 e. The molecular formula is C18H31N3. The molecule has 1 aromatic rings. The van der Waals surface area contributed by atoms with Crippen LogP contribution < -0.4 is 10.2 Å². The molecule has 1 N–H and O–H groups in total. The third-order valence-electron chi connectivity index (χ3n) is 4.37. The molecule has 1 aromatic heterocycles. The highest BCUT2D eigenvalue weighted by molar-refractivity contribution is 5.40. The molecule has 3 nitrogen and oxygen atoms in total. The van der Waals surface area contributed by atoms with Gasteiger partial charge in [-0.2, -0.15) is 0 Å². The Morgan fingerprint density at radius 3 is 2.48 bits per heavy atom. The third-order valence-corrected chi connectivity index (χ3v) is 4.37. The number of hydrogen-bond donors (Lipinski definition) is 1. The summed E-state index contributed by atoms with van der Waals surface area (Å²) in [5.41, 5.74) is 1.49. The smallest absolute Gasteiger partial charge is 0.128 e. The summed E-state index contributed by atoms with van der Waals surface area (Å²) in [6.07, 6.45) is 5.81. The lowest BCUT2D eigenvalue weighted by molar-refractivity contribution is 0.372. The van der Waals surface area contributed by atoms with Crippen LogP contribution in [0.4, 0.5) is 5.82 Å². The number of piperidine rings is 1. The van der Waals surface area contributed by atoms with Crippen LogP contribution >= 0.6 is 0 Å². The first kappa shape index (κ1) is 16.3. The summed E-state index contributed by atoms with van der Waals surface area (Å²) in [5, 5.41) is 3.45. The van der Waals surface area contributed by atoms with Crippen LogP contribution in [0, 0.1) is 5.92 Å². The molecule has 0 aliphatic carbocycles. The Kier molecular flexibility index (Phi) is 5.63. The van der Waals surface area contributed by atoms with Gasteiger partial charge in [0.2, 0.25) is 0 Å². The van der Waals surface area contributed by atoms with Crippen molar-refractivity contribution in [3.05, 3.63) is 23.9 Å². The average molecular weight is 289 g/mol. The minimum absolute atomic E-state index is 0.177. The average Bonchev–Trinajstić information content (AvgIpc) is 2.47. The van der Waals surface area contributed by atoms with Gasteiger partial charge >= 0.3 is 0 Å². The summed E-state index contributed by atoms with van der Waals surface area (Å²) >= 11 is 0. The molecule has 0 radical (unpaired) electrons. The maximum Gasteiger partial charge on any atom is 0.128 e. The number of rotatable bonds is 5. The monoisotopic (exact) mass is 289 g/mol. The van der Waals surface area contributed by atoms with Gasteiger partial charge in [-0.05, 0) is 55.3 Å². The Balaban J connectivity index is 2.06. The molecular weight excluding hydrogens is 258 g/mol. The maximum absolute atomic E-state index is 4.74. The molecule has 2 heterocycles. The van der Waals surface area contributed by atoms with Crippen molar-refractivity contribution >= 4 is 5.82 Å². The fourth-order valence-corrected chi connectivity index (χ4v) is 2.96. The Labute approximate surface area is 130 Å². The first-order valence-electron chi connectivity index (χ1n) is 8.43. The van der Waals surface area contributed by atoms with Crippen molar-refractivity contribution < 1.29 is 0 Å². The molecule has 0 amide bonds. The molecule has 1 aliphatic rings. The van der Waals surface area contributed by atoms with E-state index in [0.717, 1.165) is 24.8 Å². The van der Waals surface area contributed by atoms with E-state index in [4.69, 9.17) is 4.98 Å². The zero-order valence-corrected chi connectivity index (χ0v) is 14.2. The van der Waals surface area contributed by atoms with Gasteiger partial charge in [-0.3, -0.25) is 0 Å². The van der Waals surface area contributed by atoms with E-state index in [0.29, 0.717) is 0 Å². The molecule has 1 fully saturated rings. The summed E-state index contributed by atoms with van der Waals surface area (Å²) in [5.74, 6) is 1.95. The summed E-state index contributed by atoms with van der Waals surface area (Å²) in [7, 11) is 0. The van der Waals surface area contributed by atoms with Crippen LogP contribution in [0.15, 0.2) is 18.3 Å². The standard InChI is InChI=1S/C18H31N3/c1-5-12-21(14-15-8-10-19-11-9-15)17-7-6-16(13-20-17)18(2,3)4/h6-7,13,15,19H,5,8-12,14H2,1-4H3. The lowest BCUT2D eigenvalue weighted by Crippen LogP contribution is -2.37. The Morgan fingerprint density at radius 1 is 1.24 bits per heavy atom. The molecule has 3 heteroatoms. The zero-order valence-electron chi connectivity index (χ0n) is 14.2. The maximum atomic E-state index is 4.74. The Bertz CT molecular complexity index is 413. The molecule has 0 atom stereocenters. The molecule has 118 valence electrons. The second kappa shape index (κ2) is 7.26. The van der Waals surface area contributed by atoms with Gasteiger partial charge in [0.1, 0.15) is 5.82 Å². The fourth-order valence-electron chi connectivity index (χ4n) is 2.96. The van der Waals surface area contributed by atoms with Crippen LogP contribution in [-0.2, 0) is 5.41 Å². The van der Waals surface area contributed by atoms with Crippen molar-refractivity contribution in [1.29, 1.82) is 0 Å². The number of nitrogens with one attached hydrogen (secondary N) is 1. The highest BCUT2D eigenvalue weighted by atomic mass is 15.2. The highest BCUT2D eigenvalue weighted by Gasteiger charge is 2.19. The molecule has 1 saturated heterocycles. The predicted molar refractivity (Wildman–Crippen MR) is 91.0 cm³/mol. The van der Waals surface area contributed by atoms with Gasteiger partial charge in [-0.1, -0.05) is 33.8 Å². The van der Waals surface area contributed by atoms with Crippen LogP contribution in [0.3, 0.4) is 0 Å². The van der Waals surface area contributed by atoms with E-state index in [9.17, 15) is 0 Å². The minimum atomic E-state index is 0.177. The van der Waals surface area contributed by atoms with Crippen LogP contribution in [0.5, 0.6) is 0 Å². The molecule has 1 aliphatic heterocycles. The molecule has 0 bridgehead atoms. The number of aromatic nitrogens is 1. The van der Waals surface area contributed by atoms with Crippen molar-refractivity contribution in [3.63, 3.8) is 0 Å². The normalized spacial score (nSPS) is 17.0. The SMILES string of the molecule is CCCN(CC1CCNCC1)c1ccc(C(C)(C)C)cn1. The molecule has 0 saturated carbocycles. The van der Waals surface area contributed by atoms with Gasteiger partial charge in [-0.25, -0.2) is 4.98 Å². The van der Waals surface area contributed by atoms with E-state index in [1.54, 1.807) is 0 Å². The van der Waals surface area contributed by atoms with Crippen molar-refractivity contribution in [2.24, 2.45) is 5.92 Å². The predicted octanol–water partition coefficient (Wildman–Crippen LogP) is 3.60. The lowest BCUT2D eigenvalue weighted by atomic mass is 9.88. The summed E-state index contributed by atoms with van der Waals surface area (Å²) in [4.78, 5) is 7.21. The Hall–Kier alpha value is -1.09. The zero-order chi connectivity index (χ0) is 15.3. The number of anilines is 1. The van der Waals surface area contributed by atoms with Crippen LogP contribution in [-0.4, -0.2) is 31.2 Å². The molecule has 2 rings (SSSR count). The highest BCUT2D eigenvalue weighted by Crippen LogP contribution is 2.24.